The van der Waals surface area contributed by atoms with Gasteiger partial charge in [-0.25, -0.2) is 0 Å². The molecule has 0 aliphatic carbocycles. The highest BCUT2D eigenvalue weighted by Gasteiger charge is 2.23. The van der Waals surface area contributed by atoms with E-state index in [-0.39, 0.29) is 17.8 Å². The van der Waals surface area contributed by atoms with Crippen LogP contribution in [0.2, 0.25) is 5.02 Å². The summed E-state index contributed by atoms with van der Waals surface area (Å²) in [6.07, 6.45) is 0.838. The largest absolute Gasteiger partial charge is 0.497 e. The average Bonchev–Trinajstić information content (AvgIpc) is 2.58. The molecule has 1 atom stereocenters. The molecule has 0 aliphatic rings. The first-order valence-corrected chi connectivity index (χ1v) is 8.53. The van der Waals surface area contributed by atoms with Crippen molar-refractivity contribution < 1.29 is 14.5 Å². The van der Waals surface area contributed by atoms with Gasteiger partial charge in [0.2, 0.25) is 0 Å². The topological polar surface area (TPSA) is 81.5 Å². The number of methoxy groups -OCH3 is 1. The first kappa shape index (κ1) is 19.2. The number of hydrogen-bond acceptors (Lipinski definition) is 5. The van der Waals surface area contributed by atoms with Gasteiger partial charge in [-0.15, -0.1) is 0 Å². The lowest BCUT2D eigenvalue weighted by Gasteiger charge is -2.22. The van der Waals surface area contributed by atoms with E-state index >= 15 is 0 Å². The summed E-state index contributed by atoms with van der Waals surface area (Å²) in [4.78, 5) is 22.0. The van der Waals surface area contributed by atoms with Crippen LogP contribution in [-0.2, 0) is 4.79 Å². The molecule has 0 unspecified atom stereocenters. The molecule has 132 valence electrons. The quantitative estimate of drug-likeness (QED) is 0.379. The van der Waals surface area contributed by atoms with Gasteiger partial charge in [0, 0.05) is 33.6 Å². The van der Waals surface area contributed by atoms with Crippen molar-refractivity contribution in [3.63, 3.8) is 0 Å². The molecule has 1 N–H and O–H groups in total. The fourth-order valence-corrected chi connectivity index (χ4v) is 3.47. The molecule has 8 heteroatoms. The number of carbonyl (C=O) groups excluding carboxylic acids is 1. The molecular weight excluding hydrogens is 412 g/mol. The molecule has 0 aliphatic heterocycles. The molecule has 0 fully saturated rings. The summed E-state index contributed by atoms with van der Waals surface area (Å²) in [5, 5.41) is 14.8. The van der Waals surface area contributed by atoms with E-state index < -0.39 is 11.0 Å². The van der Waals surface area contributed by atoms with Crippen molar-refractivity contribution in [3.8, 4) is 5.75 Å². The summed E-state index contributed by atoms with van der Waals surface area (Å²) in [6.45, 7) is 1.90. The van der Waals surface area contributed by atoms with Crippen LogP contribution in [0, 0.1) is 17.0 Å². The molecule has 0 amide bonds. The number of nitrogens with zero attached hydrogens (tertiary/aromatic N) is 1. The van der Waals surface area contributed by atoms with Crippen molar-refractivity contribution in [2.75, 3.05) is 12.4 Å². The summed E-state index contributed by atoms with van der Waals surface area (Å²) in [5.74, 6) is 0.465. The lowest BCUT2D eigenvalue weighted by atomic mass is 10.0. The van der Waals surface area contributed by atoms with E-state index in [0.717, 1.165) is 16.3 Å². The minimum absolute atomic E-state index is 0.0934. The van der Waals surface area contributed by atoms with Gasteiger partial charge in [0.25, 0.3) is 5.69 Å². The number of halogens is 2. The third kappa shape index (κ3) is 4.29. The Labute approximate surface area is 158 Å². The first-order chi connectivity index (χ1) is 11.9. The monoisotopic (exact) mass is 426 g/mol. The maximum atomic E-state index is 11.3. The van der Waals surface area contributed by atoms with Gasteiger partial charge >= 0.3 is 0 Å². The normalized spacial score (nSPS) is 11.7. The lowest BCUT2D eigenvalue weighted by Crippen LogP contribution is -2.14. The van der Waals surface area contributed by atoms with Gasteiger partial charge in [-0.3, -0.25) is 10.1 Å². The molecule has 0 radical (unpaired) electrons. The van der Waals surface area contributed by atoms with E-state index in [0.29, 0.717) is 16.3 Å². The van der Waals surface area contributed by atoms with Crippen LogP contribution in [0.15, 0.2) is 34.8 Å². The predicted octanol–water partition coefficient (Wildman–Crippen LogP) is 5.07. The van der Waals surface area contributed by atoms with E-state index in [1.54, 1.807) is 6.07 Å². The maximum Gasteiger partial charge on any atom is 0.292 e. The molecule has 0 saturated carbocycles. The van der Waals surface area contributed by atoms with E-state index in [1.807, 2.05) is 13.0 Å². The van der Waals surface area contributed by atoms with Crippen LogP contribution in [0.1, 0.15) is 23.6 Å². The first-order valence-electron chi connectivity index (χ1n) is 7.36. The Bertz CT molecular complexity index is 813. The zero-order valence-electron chi connectivity index (χ0n) is 13.6. The zero-order chi connectivity index (χ0) is 18.6. The molecule has 0 spiro atoms. The molecule has 0 heterocycles. The van der Waals surface area contributed by atoms with E-state index in [4.69, 9.17) is 16.3 Å². The van der Waals surface area contributed by atoms with Crippen molar-refractivity contribution >= 4 is 45.2 Å². The Hall–Kier alpha value is -2.12. The van der Waals surface area contributed by atoms with Crippen molar-refractivity contribution in [2.45, 2.75) is 19.4 Å². The van der Waals surface area contributed by atoms with Crippen molar-refractivity contribution in [1.29, 1.82) is 0 Å². The lowest BCUT2D eigenvalue weighted by molar-refractivity contribution is -0.384. The summed E-state index contributed by atoms with van der Waals surface area (Å²) in [6, 6.07) is 7.43. The van der Waals surface area contributed by atoms with Crippen LogP contribution in [0.4, 0.5) is 11.4 Å². The van der Waals surface area contributed by atoms with Gasteiger partial charge in [-0.1, -0.05) is 33.6 Å². The highest BCUT2D eigenvalue weighted by Crippen LogP contribution is 2.38. The van der Waals surface area contributed by atoms with E-state index in [2.05, 4.69) is 21.2 Å². The SMILES string of the molecule is COc1ccc([N+](=O)[O-])c(N[C@H](CC=O)c2c(Cl)ccc(C)c2Br)c1. The number of nitro groups is 1. The number of nitrogens with one attached hydrogen (secondary N) is 1. The third-order valence-corrected chi connectivity index (χ3v) is 5.11. The van der Waals surface area contributed by atoms with Crippen LogP contribution >= 0.6 is 27.5 Å². The molecule has 0 aromatic heterocycles. The fourth-order valence-electron chi connectivity index (χ4n) is 2.45. The van der Waals surface area contributed by atoms with Gasteiger partial charge in [0.15, 0.2) is 0 Å². The second kappa shape index (κ2) is 8.31. The fraction of sp³-hybridized carbons (Fsp3) is 0.235. The summed E-state index contributed by atoms with van der Waals surface area (Å²) in [5.41, 5.74) is 1.75. The highest BCUT2D eigenvalue weighted by molar-refractivity contribution is 9.10. The van der Waals surface area contributed by atoms with Gasteiger partial charge in [0.05, 0.1) is 18.1 Å². The predicted molar refractivity (Wildman–Crippen MR) is 101 cm³/mol. The number of aryl methyl sites for hydroxylation is 1. The number of nitro benzene ring substituents is 1. The molecule has 2 rings (SSSR count). The standard InChI is InChI=1S/C17H16BrClN2O4/c1-10-3-5-12(19)16(17(10)18)13(7-8-22)20-14-9-11(25-2)4-6-15(14)21(23)24/h3-6,8-9,13,20H,7H2,1-2H3/t13-/m1/s1. The summed E-state index contributed by atoms with van der Waals surface area (Å²) in [7, 11) is 1.47. The number of rotatable bonds is 7. The number of hydrogen-bond donors (Lipinski definition) is 1. The van der Waals surface area contributed by atoms with Crippen LogP contribution < -0.4 is 10.1 Å². The Morgan fingerprint density at radius 1 is 1.40 bits per heavy atom. The van der Waals surface area contributed by atoms with Gasteiger partial charge in [-0.2, -0.15) is 0 Å². The summed E-state index contributed by atoms with van der Waals surface area (Å²) < 4.78 is 5.89. The number of carbonyl (C=O) groups is 1. The molecule has 0 bridgehead atoms. The average molecular weight is 428 g/mol. The summed E-state index contributed by atoms with van der Waals surface area (Å²) >= 11 is 9.81. The Morgan fingerprint density at radius 2 is 2.12 bits per heavy atom. The van der Waals surface area contributed by atoms with Crippen LogP contribution in [-0.4, -0.2) is 18.3 Å². The zero-order valence-corrected chi connectivity index (χ0v) is 15.9. The highest BCUT2D eigenvalue weighted by atomic mass is 79.9. The van der Waals surface area contributed by atoms with E-state index in [1.165, 1.54) is 25.3 Å². The second-order valence-electron chi connectivity index (χ2n) is 5.33. The van der Waals surface area contributed by atoms with Gasteiger partial charge in [0.1, 0.15) is 17.7 Å². The number of aldehydes is 1. The molecular formula is C17H16BrClN2O4. The Kier molecular flexibility index (Phi) is 6.39. The molecule has 25 heavy (non-hydrogen) atoms. The third-order valence-electron chi connectivity index (χ3n) is 3.73. The minimum atomic E-state index is -0.537. The van der Waals surface area contributed by atoms with Crippen molar-refractivity contribution in [2.24, 2.45) is 0 Å². The second-order valence-corrected chi connectivity index (χ2v) is 6.53. The van der Waals surface area contributed by atoms with E-state index in [9.17, 15) is 14.9 Å². The number of anilines is 1. The smallest absolute Gasteiger partial charge is 0.292 e. The van der Waals surface area contributed by atoms with Crippen LogP contribution in [0.5, 0.6) is 5.75 Å². The van der Waals surface area contributed by atoms with Gasteiger partial charge < -0.3 is 14.8 Å². The maximum absolute atomic E-state index is 11.3. The molecule has 0 saturated heterocycles. The van der Waals surface area contributed by atoms with Crippen molar-refractivity contribution in [3.05, 3.63) is 61.1 Å². The number of ether oxygens (including phenoxy) is 1. The van der Waals surface area contributed by atoms with Crippen molar-refractivity contribution in [1.82, 2.24) is 0 Å². The molecule has 6 nitrogen and oxygen atoms in total. The van der Waals surface area contributed by atoms with Crippen LogP contribution in [0.3, 0.4) is 0 Å². The minimum Gasteiger partial charge on any atom is -0.497 e. The van der Waals surface area contributed by atoms with Crippen LogP contribution in [0.25, 0.3) is 0 Å². The van der Waals surface area contributed by atoms with Gasteiger partial charge in [-0.05, 0) is 24.6 Å². The number of benzene rings is 2. The molecule has 2 aromatic rings. The Morgan fingerprint density at radius 3 is 2.72 bits per heavy atom. The Balaban J connectivity index is 2.53. The molecule has 2 aromatic carbocycles.